The Labute approximate surface area is 235 Å². The number of rotatable bonds is 13. The van der Waals surface area contributed by atoms with Crippen LogP contribution in [-0.4, -0.2) is 19.5 Å². The van der Waals surface area contributed by atoms with Gasteiger partial charge in [0.15, 0.2) is 29.6 Å². The first-order valence-corrected chi connectivity index (χ1v) is 14.3. The lowest BCUT2D eigenvalue weighted by atomic mass is 9.94. The molecule has 0 amide bonds. The Morgan fingerprint density at radius 3 is 1.98 bits per heavy atom. The summed E-state index contributed by atoms with van der Waals surface area (Å²) in [4.78, 5) is 0. The number of allylic oxidation sites excluding steroid dienone is 1. The zero-order valence-corrected chi connectivity index (χ0v) is 23.2. The number of benzene rings is 3. The Balaban J connectivity index is 1.43. The molecule has 0 aliphatic carbocycles. The maximum atomic E-state index is 15.2. The highest BCUT2D eigenvalue weighted by molar-refractivity contribution is 5.71. The third-order valence-corrected chi connectivity index (χ3v) is 7.59. The zero-order chi connectivity index (χ0) is 28.5. The summed E-state index contributed by atoms with van der Waals surface area (Å²) >= 11 is 0. The van der Waals surface area contributed by atoms with E-state index in [-0.39, 0.29) is 42.1 Å². The van der Waals surface area contributed by atoms with Gasteiger partial charge in [0.1, 0.15) is 0 Å². The summed E-state index contributed by atoms with van der Waals surface area (Å²) in [5.74, 6) is -4.01. The maximum Gasteiger partial charge on any atom is 0.166 e. The molecular weight excluding hydrogens is 516 g/mol. The highest BCUT2D eigenvalue weighted by Crippen LogP contribution is 2.34. The Morgan fingerprint density at radius 1 is 0.725 bits per heavy atom. The van der Waals surface area contributed by atoms with Crippen molar-refractivity contribution in [1.82, 2.24) is 0 Å². The fraction of sp³-hybridized carbons (Fsp3) is 0.412. The number of hydrogen-bond donors (Lipinski definition) is 0. The second kappa shape index (κ2) is 14.6. The van der Waals surface area contributed by atoms with Crippen LogP contribution in [0.3, 0.4) is 0 Å². The topological polar surface area (TPSA) is 18.5 Å². The molecule has 1 heterocycles. The van der Waals surface area contributed by atoms with Gasteiger partial charge < -0.3 is 9.47 Å². The van der Waals surface area contributed by atoms with Gasteiger partial charge in [-0.05, 0) is 60.8 Å². The van der Waals surface area contributed by atoms with Gasteiger partial charge in [-0.2, -0.15) is 0 Å². The Kier molecular flexibility index (Phi) is 11.0. The zero-order valence-electron chi connectivity index (χ0n) is 23.2. The van der Waals surface area contributed by atoms with E-state index in [9.17, 15) is 8.78 Å². The van der Waals surface area contributed by atoms with Gasteiger partial charge in [0, 0.05) is 17.0 Å². The quantitative estimate of drug-likeness (QED) is 0.119. The van der Waals surface area contributed by atoms with Crippen LogP contribution in [0, 0.1) is 23.3 Å². The molecule has 0 spiro atoms. The normalized spacial score (nSPS) is 17.2. The molecule has 1 aliphatic rings. The summed E-state index contributed by atoms with van der Waals surface area (Å²) < 4.78 is 71.4. The molecule has 1 fully saturated rings. The number of hydrogen-bond acceptors (Lipinski definition) is 2. The van der Waals surface area contributed by atoms with Crippen molar-refractivity contribution < 1.29 is 27.0 Å². The first-order valence-electron chi connectivity index (χ1n) is 14.3. The first kappa shape index (κ1) is 30.0. The fourth-order valence-electron chi connectivity index (χ4n) is 5.17. The summed E-state index contributed by atoms with van der Waals surface area (Å²) in [7, 11) is 0. The summed E-state index contributed by atoms with van der Waals surface area (Å²) in [5, 5.41) is 0. The fourth-order valence-corrected chi connectivity index (χ4v) is 5.17. The molecule has 6 heteroatoms. The van der Waals surface area contributed by atoms with E-state index in [0.29, 0.717) is 23.1 Å². The van der Waals surface area contributed by atoms with Crippen LogP contribution >= 0.6 is 0 Å². The molecule has 214 valence electrons. The van der Waals surface area contributed by atoms with Crippen LogP contribution in [0.4, 0.5) is 17.6 Å². The minimum absolute atomic E-state index is 0.0979. The standard InChI is InChI=1S/C34H38F4O2/c1-3-5-7-9-11-25-17-18-27(32(36)31(25)35)23-13-15-24(16-14-23)28-19-20-29(34(38)33(28)37)26-21-39-30(40-22-26)12-10-8-6-4-2/h3,13-20,26,30H,1,4-12,21-22H2,2H3. The van der Waals surface area contributed by atoms with Gasteiger partial charge in [-0.15, -0.1) is 6.58 Å². The molecule has 1 saturated heterocycles. The van der Waals surface area contributed by atoms with Crippen molar-refractivity contribution in [3.8, 4) is 22.3 Å². The molecule has 0 N–H and O–H groups in total. The maximum absolute atomic E-state index is 15.2. The minimum atomic E-state index is -0.954. The molecule has 0 bridgehead atoms. The highest BCUT2D eigenvalue weighted by atomic mass is 19.2. The van der Waals surface area contributed by atoms with Crippen molar-refractivity contribution in [1.29, 1.82) is 0 Å². The molecule has 2 nitrogen and oxygen atoms in total. The van der Waals surface area contributed by atoms with Crippen LogP contribution in [0.2, 0.25) is 0 Å². The average Bonchev–Trinajstić information content (AvgIpc) is 2.98. The Hall–Kier alpha value is -2.96. The number of unbranched alkanes of at least 4 members (excludes halogenated alkanes) is 5. The first-order chi connectivity index (χ1) is 19.4. The SMILES string of the molecule is C=CCCCCc1ccc(-c2ccc(-c3ccc(C4COC(CCCCCC)OC4)c(F)c3F)cc2)c(F)c1F. The van der Waals surface area contributed by atoms with Crippen molar-refractivity contribution in [3.63, 3.8) is 0 Å². The largest absolute Gasteiger partial charge is 0.352 e. The van der Waals surface area contributed by atoms with E-state index in [0.717, 1.165) is 44.9 Å². The van der Waals surface area contributed by atoms with Crippen LogP contribution < -0.4 is 0 Å². The summed E-state index contributed by atoms with van der Waals surface area (Å²) in [6, 6.07) is 12.6. The van der Waals surface area contributed by atoms with Gasteiger partial charge in [-0.1, -0.05) is 80.8 Å². The summed E-state index contributed by atoms with van der Waals surface area (Å²) in [5.41, 5.74) is 1.69. The lowest BCUT2D eigenvalue weighted by Crippen LogP contribution is -2.31. The van der Waals surface area contributed by atoms with Crippen LogP contribution in [0.5, 0.6) is 0 Å². The van der Waals surface area contributed by atoms with E-state index in [1.807, 2.05) is 6.08 Å². The molecular formula is C34H38F4O2. The van der Waals surface area contributed by atoms with E-state index in [2.05, 4.69) is 13.5 Å². The van der Waals surface area contributed by atoms with E-state index in [4.69, 9.17) is 9.47 Å². The Morgan fingerprint density at radius 2 is 1.35 bits per heavy atom. The minimum Gasteiger partial charge on any atom is -0.352 e. The van der Waals surface area contributed by atoms with Crippen LogP contribution in [0.1, 0.15) is 75.3 Å². The smallest absolute Gasteiger partial charge is 0.166 e. The van der Waals surface area contributed by atoms with Crippen molar-refractivity contribution in [2.75, 3.05) is 13.2 Å². The summed E-state index contributed by atoms with van der Waals surface area (Å²) in [6.07, 6.45) is 9.70. The number of halogens is 4. The third kappa shape index (κ3) is 7.21. The molecule has 0 unspecified atom stereocenters. The second-order valence-corrected chi connectivity index (χ2v) is 10.5. The number of ether oxygens (including phenoxy) is 2. The molecule has 0 aromatic heterocycles. The summed E-state index contributed by atoms with van der Waals surface area (Å²) in [6.45, 7) is 6.38. The molecule has 4 rings (SSSR count). The van der Waals surface area contributed by atoms with Gasteiger partial charge in [-0.25, -0.2) is 17.6 Å². The van der Waals surface area contributed by atoms with E-state index in [1.54, 1.807) is 48.5 Å². The van der Waals surface area contributed by atoms with E-state index < -0.39 is 23.3 Å². The van der Waals surface area contributed by atoms with Crippen molar-refractivity contribution in [2.24, 2.45) is 0 Å². The predicted octanol–water partition coefficient (Wildman–Crippen LogP) is 9.90. The molecule has 0 radical (unpaired) electrons. The molecule has 1 aliphatic heterocycles. The average molecular weight is 555 g/mol. The monoisotopic (exact) mass is 554 g/mol. The van der Waals surface area contributed by atoms with Crippen molar-refractivity contribution >= 4 is 0 Å². The van der Waals surface area contributed by atoms with Gasteiger partial charge in [0.25, 0.3) is 0 Å². The van der Waals surface area contributed by atoms with Crippen LogP contribution in [0.25, 0.3) is 22.3 Å². The highest BCUT2D eigenvalue weighted by Gasteiger charge is 2.27. The molecule has 3 aromatic carbocycles. The lowest BCUT2D eigenvalue weighted by Gasteiger charge is -2.30. The molecule has 0 saturated carbocycles. The predicted molar refractivity (Wildman–Crippen MR) is 152 cm³/mol. The second-order valence-electron chi connectivity index (χ2n) is 10.5. The molecule has 0 atom stereocenters. The molecule has 3 aromatic rings. The molecule has 40 heavy (non-hydrogen) atoms. The van der Waals surface area contributed by atoms with Gasteiger partial charge in [0.2, 0.25) is 0 Å². The Bertz CT molecular complexity index is 1260. The van der Waals surface area contributed by atoms with Gasteiger partial charge in [-0.3, -0.25) is 0 Å². The third-order valence-electron chi connectivity index (χ3n) is 7.59. The van der Waals surface area contributed by atoms with Gasteiger partial charge in [0.05, 0.1) is 13.2 Å². The van der Waals surface area contributed by atoms with E-state index >= 15 is 8.78 Å². The van der Waals surface area contributed by atoms with Gasteiger partial charge >= 0.3 is 0 Å². The van der Waals surface area contributed by atoms with Crippen molar-refractivity contribution in [2.45, 2.75) is 76.9 Å². The lowest BCUT2D eigenvalue weighted by molar-refractivity contribution is -0.190. The van der Waals surface area contributed by atoms with Crippen molar-refractivity contribution in [3.05, 3.63) is 95.6 Å². The van der Waals surface area contributed by atoms with Crippen LogP contribution in [0.15, 0.2) is 61.2 Å². The van der Waals surface area contributed by atoms with Crippen LogP contribution in [-0.2, 0) is 15.9 Å². The van der Waals surface area contributed by atoms with E-state index in [1.165, 1.54) is 6.42 Å². The number of aryl methyl sites for hydroxylation is 1.